The van der Waals surface area contributed by atoms with E-state index in [0.29, 0.717) is 5.91 Å². The molecule has 114 valence electrons. The number of amides is 1. The third kappa shape index (κ3) is 2.84. The molecule has 1 aliphatic heterocycles. The van der Waals surface area contributed by atoms with Crippen molar-refractivity contribution in [1.82, 2.24) is 9.80 Å². The normalized spacial score (nSPS) is 23.0. The summed E-state index contributed by atoms with van der Waals surface area (Å²) >= 11 is 0. The Kier molecular flexibility index (Phi) is 4.29. The molecule has 1 amide bonds. The lowest BCUT2D eigenvalue weighted by Gasteiger charge is -2.42. The molecule has 1 saturated heterocycles. The van der Waals surface area contributed by atoms with Crippen molar-refractivity contribution in [1.29, 1.82) is 0 Å². The number of hydrogen-bond donors (Lipinski definition) is 0. The van der Waals surface area contributed by atoms with E-state index < -0.39 is 0 Å². The van der Waals surface area contributed by atoms with Crippen LogP contribution in [0.25, 0.3) is 0 Å². The lowest BCUT2D eigenvalue weighted by molar-refractivity contribution is -0.140. The summed E-state index contributed by atoms with van der Waals surface area (Å²) in [6.07, 6.45) is 5.65. The molecule has 1 aliphatic carbocycles. The summed E-state index contributed by atoms with van der Waals surface area (Å²) in [5.74, 6) is 0.376. The van der Waals surface area contributed by atoms with Crippen LogP contribution in [0.15, 0.2) is 30.3 Å². The fourth-order valence-electron chi connectivity index (χ4n) is 3.85. The molecule has 0 unspecified atom stereocenters. The minimum Gasteiger partial charge on any atom is -0.339 e. The van der Waals surface area contributed by atoms with Gasteiger partial charge in [-0.1, -0.05) is 49.6 Å². The Morgan fingerprint density at radius 2 is 1.57 bits per heavy atom. The van der Waals surface area contributed by atoms with Gasteiger partial charge in [0.2, 0.25) is 5.91 Å². The van der Waals surface area contributed by atoms with E-state index in [4.69, 9.17) is 0 Å². The molecule has 0 radical (unpaired) electrons. The van der Waals surface area contributed by atoms with Gasteiger partial charge in [0.1, 0.15) is 0 Å². The van der Waals surface area contributed by atoms with E-state index in [0.717, 1.165) is 39.0 Å². The number of piperazine rings is 1. The maximum absolute atomic E-state index is 13.3. The number of hydrogen-bond acceptors (Lipinski definition) is 2. The first kappa shape index (κ1) is 14.6. The zero-order valence-electron chi connectivity index (χ0n) is 13.1. The second-order valence-corrected chi connectivity index (χ2v) is 6.60. The average molecular weight is 286 g/mol. The van der Waals surface area contributed by atoms with E-state index in [1.165, 1.54) is 24.8 Å². The van der Waals surface area contributed by atoms with Crippen LogP contribution >= 0.6 is 0 Å². The monoisotopic (exact) mass is 286 g/mol. The third-order valence-corrected chi connectivity index (χ3v) is 5.23. The molecule has 2 aliphatic rings. The molecule has 3 heteroatoms. The molecule has 0 N–H and O–H groups in total. The van der Waals surface area contributed by atoms with Crippen LogP contribution < -0.4 is 0 Å². The lowest BCUT2D eigenvalue weighted by atomic mass is 9.68. The highest BCUT2D eigenvalue weighted by Crippen LogP contribution is 2.41. The van der Waals surface area contributed by atoms with Crippen LogP contribution in [0.3, 0.4) is 0 Å². The zero-order chi connectivity index (χ0) is 14.7. The standard InChI is InChI=1S/C18H26N2O/c1-19-12-14-20(15-13-19)17(21)18(10-6-3-7-11-18)16-8-4-2-5-9-16/h2,4-5,8-9H,3,6-7,10-15H2,1H3. The molecule has 0 atom stereocenters. The molecule has 0 spiro atoms. The van der Waals surface area contributed by atoms with Crippen LogP contribution in [0.1, 0.15) is 37.7 Å². The predicted molar refractivity (Wildman–Crippen MR) is 85.3 cm³/mol. The summed E-state index contributed by atoms with van der Waals surface area (Å²) in [6.45, 7) is 3.75. The number of rotatable bonds is 2. The number of carbonyl (C=O) groups is 1. The van der Waals surface area contributed by atoms with Crippen molar-refractivity contribution in [3.8, 4) is 0 Å². The molecule has 21 heavy (non-hydrogen) atoms. The highest BCUT2D eigenvalue weighted by atomic mass is 16.2. The Hall–Kier alpha value is -1.35. The van der Waals surface area contributed by atoms with Crippen LogP contribution in [-0.4, -0.2) is 48.9 Å². The summed E-state index contributed by atoms with van der Waals surface area (Å²) < 4.78 is 0. The molecule has 2 fully saturated rings. The van der Waals surface area contributed by atoms with Crippen LogP contribution in [0.4, 0.5) is 0 Å². The van der Waals surface area contributed by atoms with E-state index in [-0.39, 0.29) is 5.41 Å². The van der Waals surface area contributed by atoms with Crippen LogP contribution in [0.5, 0.6) is 0 Å². The summed E-state index contributed by atoms with van der Waals surface area (Å²) in [5.41, 5.74) is 0.976. The number of nitrogens with zero attached hydrogens (tertiary/aromatic N) is 2. The highest BCUT2D eigenvalue weighted by molar-refractivity contribution is 5.88. The van der Waals surface area contributed by atoms with Gasteiger partial charge in [-0.15, -0.1) is 0 Å². The Morgan fingerprint density at radius 3 is 2.19 bits per heavy atom. The van der Waals surface area contributed by atoms with Crippen molar-refractivity contribution in [3.05, 3.63) is 35.9 Å². The molecule has 1 saturated carbocycles. The molecule has 3 rings (SSSR count). The second kappa shape index (κ2) is 6.18. The zero-order valence-corrected chi connectivity index (χ0v) is 13.1. The first-order chi connectivity index (χ1) is 10.2. The van der Waals surface area contributed by atoms with Gasteiger partial charge in [0.05, 0.1) is 5.41 Å². The maximum atomic E-state index is 13.3. The van der Waals surface area contributed by atoms with Crippen LogP contribution in [0.2, 0.25) is 0 Å². The van der Waals surface area contributed by atoms with Crippen molar-refractivity contribution in [2.24, 2.45) is 0 Å². The van der Waals surface area contributed by atoms with Crippen LogP contribution in [-0.2, 0) is 10.2 Å². The van der Waals surface area contributed by atoms with E-state index in [2.05, 4.69) is 41.1 Å². The largest absolute Gasteiger partial charge is 0.339 e. The second-order valence-electron chi connectivity index (χ2n) is 6.60. The quantitative estimate of drug-likeness (QED) is 0.834. The first-order valence-corrected chi connectivity index (χ1v) is 8.26. The summed E-state index contributed by atoms with van der Waals surface area (Å²) in [4.78, 5) is 17.7. The van der Waals surface area contributed by atoms with Crippen molar-refractivity contribution < 1.29 is 4.79 Å². The Labute approximate surface area is 127 Å². The molecule has 0 bridgehead atoms. The van der Waals surface area contributed by atoms with Crippen molar-refractivity contribution in [3.63, 3.8) is 0 Å². The van der Waals surface area contributed by atoms with E-state index in [1.54, 1.807) is 0 Å². The highest BCUT2D eigenvalue weighted by Gasteiger charge is 2.43. The van der Waals surface area contributed by atoms with Gasteiger partial charge in [0.25, 0.3) is 0 Å². The summed E-state index contributed by atoms with van der Waals surface area (Å²) in [6, 6.07) is 10.5. The molecule has 1 aromatic carbocycles. The van der Waals surface area contributed by atoms with Gasteiger partial charge >= 0.3 is 0 Å². The van der Waals surface area contributed by atoms with E-state index in [1.807, 2.05) is 6.07 Å². The van der Waals surface area contributed by atoms with Crippen molar-refractivity contribution in [2.75, 3.05) is 33.2 Å². The number of likely N-dealkylation sites (N-methyl/N-ethyl adjacent to an activating group) is 1. The Morgan fingerprint density at radius 1 is 0.952 bits per heavy atom. The van der Waals surface area contributed by atoms with Gasteiger partial charge in [-0.3, -0.25) is 4.79 Å². The number of carbonyl (C=O) groups excluding carboxylic acids is 1. The van der Waals surface area contributed by atoms with E-state index in [9.17, 15) is 4.79 Å². The van der Waals surface area contributed by atoms with Crippen LogP contribution in [0, 0.1) is 0 Å². The van der Waals surface area contributed by atoms with Gasteiger partial charge < -0.3 is 9.80 Å². The fourth-order valence-corrected chi connectivity index (χ4v) is 3.85. The first-order valence-electron chi connectivity index (χ1n) is 8.26. The SMILES string of the molecule is CN1CCN(C(=O)C2(c3ccccc3)CCCCC2)CC1. The smallest absolute Gasteiger partial charge is 0.233 e. The minimum absolute atomic E-state index is 0.255. The molecule has 1 aromatic rings. The molecular weight excluding hydrogens is 260 g/mol. The van der Waals surface area contributed by atoms with Gasteiger partial charge in [0.15, 0.2) is 0 Å². The number of benzene rings is 1. The van der Waals surface area contributed by atoms with E-state index >= 15 is 0 Å². The van der Waals surface area contributed by atoms with Gasteiger partial charge in [-0.05, 0) is 25.5 Å². The third-order valence-electron chi connectivity index (χ3n) is 5.23. The lowest BCUT2D eigenvalue weighted by Crippen LogP contribution is -2.54. The molecule has 3 nitrogen and oxygen atoms in total. The molecule has 0 aromatic heterocycles. The summed E-state index contributed by atoms with van der Waals surface area (Å²) in [5, 5.41) is 0. The van der Waals surface area contributed by atoms with Gasteiger partial charge in [-0.2, -0.15) is 0 Å². The maximum Gasteiger partial charge on any atom is 0.233 e. The van der Waals surface area contributed by atoms with Crippen molar-refractivity contribution in [2.45, 2.75) is 37.5 Å². The van der Waals surface area contributed by atoms with Gasteiger partial charge in [-0.25, -0.2) is 0 Å². The predicted octanol–water partition coefficient (Wildman–Crippen LogP) is 2.66. The average Bonchev–Trinajstić information content (AvgIpc) is 2.56. The van der Waals surface area contributed by atoms with Crippen molar-refractivity contribution >= 4 is 5.91 Å². The van der Waals surface area contributed by atoms with Gasteiger partial charge in [0, 0.05) is 26.2 Å². The minimum atomic E-state index is -0.255. The Balaban J connectivity index is 1.87. The molecular formula is C18H26N2O. The summed E-state index contributed by atoms with van der Waals surface area (Å²) in [7, 11) is 2.13. The molecule has 1 heterocycles. The fraction of sp³-hybridized carbons (Fsp3) is 0.611. The topological polar surface area (TPSA) is 23.6 Å². The Bertz CT molecular complexity index is 471.